The second-order valence-corrected chi connectivity index (χ2v) is 1.59. The molecule has 1 atom stereocenters. The Labute approximate surface area is 53.7 Å². The molecular weight excluding hydrogens is 124 g/mol. The van der Waals surface area contributed by atoms with E-state index >= 15 is 0 Å². The minimum Gasteiger partial charge on any atom is -0.394 e. The SMILES string of the molecule is OCC1CO1.OCCO. The van der Waals surface area contributed by atoms with Gasteiger partial charge in [0.15, 0.2) is 0 Å². The van der Waals surface area contributed by atoms with E-state index in [1.807, 2.05) is 0 Å². The van der Waals surface area contributed by atoms with Crippen LogP contribution in [0.15, 0.2) is 0 Å². The van der Waals surface area contributed by atoms with Gasteiger partial charge in [0.25, 0.3) is 0 Å². The molecule has 0 spiro atoms. The third kappa shape index (κ3) is 7.84. The van der Waals surface area contributed by atoms with Gasteiger partial charge in [0.2, 0.25) is 0 Å². The fourth-order valence-electron chi connectivity index (χ4n) is 0.173. The summed E-state index contributed by atoms with van der Waals surface area (Å²) in [5, 5.41) is 23.3. The Morgan fingerprint density at radius 1 is 1.22 bits per heavy atom. The van der Waals surface area contributed by atoms with Crippen LogP contribution in [0.2, 0.25) is 0 Å². The molecule has 1 aliphatic heterocycles. The summed E-state index contributed by atoms with van der Waals surface area (Å²) in [6.45, 7) is 0.705. The summed E-state index contributed by atoms with van der Waals surface area (Å²) in [6, 6.07) is 0. The Kier molecular flexibility index (Phi) is 5.86. The number of aliphatic hydroxyl groups is 3. The standard InChI is InChI=1S/C3H6O2.C2H6O2/c4-1-3-2-5-3;3-1-2-4/h3-4H,1-2H2;3-4H,1-2H2. The fourth-order valence-corrected chi connectivity index (χ4v) is 0.173. The van der Waals surface area contributed by atoms with Crippen molar-refractivity contribution in [1.82, 2.24) is 0 Å². The monoisotopic (exact) mass is 136 g/mol. The lowest BCUT2D eigenvalue weighted by Gasteiger charge is -1.70. The molecule has 1 fully saturated rings. The minimum absolute atomic E-state index is 0.125. The zero-order valence-corrected chi connectivity index (χ0v) is 5.16. The van der Waals surface area contributed by atoms with E-state index in [4.69, 9.17) is 15.3 Å². The Balaban J connectivity index is 0.000000148. The van der Waals surface area contributed by atoms with Crippen LogP contribution < -0.4 is 0 Å². The normalized spacial score (nSPS) is 22.3. The topological polar surface area (TPSA) is 73.2 Å². The molecule has 1 unspecified atom stereocenters. The molecule has 1 rings (SSSR count). The molecule has 0 bridgehead atoms. The first kappa shape index (κ1) is 8.84. The van der Waals surface area contributed by atoms with Gasteiger partial charge < -0.3 is 20.1 Å². The largest absolute Gasteiger partial charge is 0.394 e. The number of hydrogen-bond donors (Lipinski definition) is 3. The molecule has 0 saturated carbocycles. The van der Waals surface area contributed by atoms with E-state index in [2.05, 4.69) is 4.74 Å². The maximum Gasteiger partial charge on any atom is 0.104 e. The number of hydrogen-bond acceptors (Lipinski definition) is 4. The Hall–Kier alpha value is -0.160. The average Bonchev–Trinajstić information content (AvgIpc) is 2.70. The molecule has 0 amide bonds. The molecule has 0 aliphatic carbocycles. The number of rotatable bonds is 2. The predicted octanol–water partition coefficient (Wildman–Crippen LogP) is -1.65. The summed E-state index contributed by atoms with van der Waals surface area (Å²) in [5.74, 6) is 0. The van der Waals surface area contributed by atoms with Crippen molar-refractivity contribution in [3.8, 4) is 0 Å². The zero-order valence-electron chi connectivity index (χ0n) is 5.16. The van der Waals surface area contributed by atoms with Crippen LogP contribution in [0.5, 0.6) is 0 Å². The number of ether oxygens (including phenoxy) is 1. The third-order valence-electron chi connectivity index (χ3n) is 0.706. The van der Waals surface area contributed by atoms with Gasteiger partial charge in [-0.25, -0.2) is 0 Å². The average molecular weight is 136 g/mol. The summed E-state index contributed by atoms with van der Waals surface area (Å²) in [4.78, 5) is 0. The van der Waals surface area contributed by atoms with E-state index in [1.54, 1.807) is 0 Å². The van der Waals surface area contributed by atoms with Crippen molar-refractivity contribution in [3.63, 3.8) is 0 Å². The van der Waals surface area contributed by atoms with Gasteiger partial charge in [0.1, 0.15) is 6.10 Å². The van der Waals surface area contributed by atoms with E-state index < -0.39 is 0 Å². The van der Waals surface area contributed by atoms with Crippen molar-refractivity contribution >= 4 is 0 Å². The first-order valence-electron chi connectivity index (χ1n) is 2.79. The van der Waals surface area contributed by atoms with Crippen LogP contribution in [0.1, 0.15) is 0 Å². The highest BCUT2D eigenvalue weighted by molar-refractivity contribution is 4.65. The zero-order chi connectivity index (χ0) is 7.11. The van der Waals surface area contributed by atoms with E-state index in [0.717, 1.165) is 6.61 Å². The lowest BCUT2D eigenvalue weighted by Crippen LogP contribution is -1.88. The summed E-state index contributed by atoms with van der Waals surface area (Å²) in [6.07, 6.45) is 0.190. The van der Waals surface area contributed by atoms with Gasteiger partial charge in [-0.15, -0.1) is 0 Å². The van der Waals surface area contributed by atoms with Crippen molar-refractivity contribution in [2.45, 2.75) is 6.10 Å². The highest BCUT2D eigenvalue weighted by Gasteiger charge is 2.19. The van der Waals surface area contributed by atoms with Gasteiger partial charge in [-0.05, 0) is 0 Å². The summed E-state index contributed by atoms with van der Waals surface area (Å²) in [7, 11) is 0. The van der Waals surface area contributed by atoms with Crippen molar-refractivity contribution in [1.29, 1.82) is 0 Å². The Morgan fingerprint density at radius 2 is 1.67 bits per heavy atom. The van der Waals surface area contributed by atoms with Crippen LogP contribution in [0.4, 0.5) is 0 Å². The van der Waals surface area contributed by atoms with E-state index in [9.17, 15) is 0 Å². The molecule has 1 saturated heterocycles. The Bertz CT molecular complexity index is 50.9. The second-order valence-electron chi connectivity index (χ2n) is 1.59. The van der Waals surface area contributed by atoms with Gasteiger partial charge in [-0.3, -0.25) is 0 Å². The first-order chi connectivity index (χ1) is 4.35. The van der Waals surface area contributed by atoms with Crippen LogP contribution in [-0.4, -0.2) is 47.9 Å². The van der Waals surface area contributed by atoms with E-state index in [1.165, 1.54) is 0 Å². The van der Waals surface area contributed by atoms with E-state index in [-0.39, 0.29) is 25.9 Å². The summed E-state index contributed by atoms with van der Waals surface area (Å²) in [5.41, 5.74) is 0. The molecule has 1 heterocycles. The molecular formula is C5H12O4. The van der Waals surface area contributed by atoms with Crippen LogP contribution in [-0.2, 0) is 4.74 Å². The van der Waals surface area contributed by atoms with Crippen LogP contribution in [0.25, 0.3) is 0 Å². The Morgan fingerprint density at radius 3 is 1.67 bits per heavy atom. The molecule has 0 aromatic rings. The van der Waals surface area contributed by atoms with Crippen LogP contribution in [0, 0.1) is 0 Å². The second kappa shape index (κ2) is 5.97. The maximum atomic E-state index is 8.08. The highest BCUT2D eigenvalue weighted by Crippen LogP contribution is 2.04. The number of epoxide rings is 1. The summed E-state index contributed by atoms with van der Waals surface area (Å²) < 4.78 is 4.61. The molecule has 0 aromatic heterocycles. The van der Waals surface area contributed by atoms with Crippen molar-refractivity contribution in [3.05, 3.63) is 0 Å². The summed E-state index contributed by atoms with van der Waals surface area (Å²) >= 11 is 0. The molecule has 56 valence electrons. The molecule has 0 radical (unpaired) electrons. The predicted molar refractivity (Wildman–Crippen MR) is 31.0 cm³/mol. The molecule has 4 heteroatoms. The molecule has 1 aliphatic rings. The van der Waals surface area contributed by atoms with Crippen LogP contribution in [0.3, 0.4) is 0 Å². The van der Waals surface area contributed by atoms with Gasteiger partial charge in [-0.1, -0.05) is 0 Å². The van der Waals surface area contributed by atoms with Crippen LogP contribution >= 0.6 is 0 Å². The van der Waals surface area contributed by atoms with Gasteiger partial charge in [-0.2, -0.15) is 0 Å². The van der Waals surface area contributed by atoms with Crippen molar-refractivity contribution < 1.29 is 20.1 Å². The number of aliphatic hydroxyl groups excluding tert-OH is 3. The molecule has 0 aromatic carbocycles. The van der Waals surface area contributed by atoms with Crippen molar-refractivity contribution in [2.24, 2.45) is 0 Å². The fraction of sp³-hybridized carbons (Fsp3) is 1.00. The molecule has 3 N–H and O–H groups in total. The smallest absolute Gasteiger partial charge is 0.104 e. The first-order valence-corrected chi connectivity index (χ1v) is 2.79. The van der Waals surface area contributed by atoms with Gasteiger partial charge in [0, 0.05) is 0 Å². The lowest BCUT2D eigenvalue weighted by molar-refractivity contribution is 0.186. The van der Waals surface area contributed by atoms with E-state index in [0.29, 0.717) is 0 Å². The minimum atomic E-state index is -0.125. The molecule has 9 heavy (non-hydrogen) atoms. The van der Waals surface area contributed by atoms with Gasteiger partial charge in [0.05, 0.1) is 26.4 Å². The highest BCUT2D eigenvalue weighted by atomic mass is 16.6. The quantitative estimate of drug-likeness (QED) is 0.398. The van der Waals surface area contributed by atoms with Gasteiger partial charge >= 0.3 is 0 Å². The maximum absolute atomic E-state index is 8.08. The third-order valence-corrected chi connectivity index (χ3v) is 0.706. The lowest BCUT2D eigenvalue weighted by atomic mass is 10.5. The van der Waals surface area contributed by atoms with Crippen molar-refractivity contribution in [2.75, 3.05) is 26.4 Å². The molecule has 4 nitrogen and oxygen atoms in total.